The molecule has 0 amide bonds. The van der Waals surface area contributed by atoms with Crippen LogP contribution in [-0.2, 0) is 38.8 Å². The minimum absolute atomic E-state index is 0.00268. The second-order valence-electron chi connectivity index (χ2n) is 9.14. The first-order valence-corrected chi connectivity index (χ1v) is 12.4. The number of aromatic nitrogens is 4. The van der Waals surface area contributed by atoms with E-state index in [1.165, 1.54) is 16.8 Å². The van der Waals surface area contributed by atoms with Gasteiger partial charge in [-0.15, -0.1) is 5.10 Å². The van der Waals surface area contributed by atoms with Crippen LogP contribution in [0.3, 0.4) is 0 Å². The van der Waals surface area contributed by atoms with Gasteiger partial charge in [0.15, 0.2) is 12.0 Å². The smallest absolute Gasteiger partial charge is 0.435 e. The zero-order valence-electron chi connectivity index (χ0n) is 20.6. The van der Waals surface area contributed by atoms with E-state index in [1.807, 2.05) is 0 Å². The minimum atomic E-state index is -4.67. The molecule has 0 spiro atoms. The summed E-state index contributed by atoms with van der Waals surface area (Å²) >= 11 is 0. The van der Waals surface area contributed by atoms with Crippen LogP contribution in [0, 0.1) is 5.92 Å². The first-order chi connectivity index (χ1) is 17.3. The molecule has 4 rings (SSSR count). The molecule has 12 heteroatoms. The van der Waals surface area contributed by atoms with Crippen LogP contribution in [0.4, 0.5) is 18.9 Å². The van der Waals surface area contributed by atoms with E-state index < -0.39 is 11.9 Å². The SMILES string of the molecule is CCOC(=O)C[C@H]1CCCN(c2ccc(-c3nnn(C)c3COC3CCCCO3)nc2C(F)(F)F)C1. The molecule has 2 aromatic rings. The van der Waals surface area contributed by atoms with E-state index in [9.17, 15) is 18.0 Å². The van der Waals surface area contributed by atoms with E-state index in [0.29, 0.717) is 31.8 Å². The van der Waals surface area contributed by atoms with E-state index in [0.717, 1.165) is 25.7 Å². The number of rotatable bonds is 8. The number of ether oxygens (including phenoxy) is 3. The first-order valence-electron chi connectivity index (χ1n) is 12.4. The van der Waals surface area contributed by atoms with E-state index in [1.54, 1.807) is 18.9 Å². The van der Waals surface area contributed by atoms with Crippen LogP contribution in [0.25, 0.3) is 11.4 Å². The van der Waals surface area contributed by atoms with Gasteiger partial charge in [0, 0.05) is 26.7 Å². The highest BCUT2D eigenvalue weighted by Crippen LogP contribution is 2.38. The number of nitrogens with zero attached hydrogens (tertiary/aromatic N) is 5. The van der Waals surface area contributed by atoms with Gasteiger partial charge in [0.2, 0.25) is 0 Å². The summed E-state index contributed by atoms with van der Waals surface area (Å²) in [6.07, 6.45) is -0.665. The zero-order valence-corrected chi connectivity index (χ0v) is 20.6. The van der Waals surface area contributed by atoms with Crippen LogP contribution in [0.2, 0.25) is 0 Å². The molecule has 0 saturated carbocycles. The van der Waals surface area contributed by atoms with Crippen molar-refractivity contribution < 1.29 is 32.2 Å². The van der Waals surface area contributed by atoms with Gasteiger partial charge in [0.25, 0.3) is 0 Å². The van der Waals surface area contributed by atoms with Gasteiger partial charge in [-0.1, -0.05) is 5.21 Å². The number of esters is 1. The summed E-state index contributed by atoms with van der Waals surface area (Å²) in [4.78, 5) is 17.6. The number of halogens is 3. The second kappa shape index (κ2) is 11.5. The average molecular weight is 512 g/mol. The highest BCUT2D eigenvalue weighted by atomic mass is 19.4. The number of carbonyl (C=O) groups excluding carboxylic acids is 1. The molecule has 198 valence electrons. The molecule has 36 heavy (non-hydrogen) atoms. The Morgan fingerprint density at radius 3 is 2.78 bits per heavy atom. The summed E-state index contributed by atoms with van der Waals surface area (Å²) < 4.78 is 60.4. The molecule has 0 radical (unpaired) electrons. The van der Waals surface area contributed by atoms with Crippen LogP contribution in [-0.4, -0.2) is 58.5 Å². The predicted octanol–water partition coefficient (Wildman–Crippen LogP) is 4.11. The Labute approximate surface area is 207 Å². The molecule has 0 bridgehead atoms. The Kier molecular flexibility index (Phi) is 8.45. The first kappa shape index (κ1) is 26.3. The van der Waals surface area contributed by atoms with Gasteiger partial charge < -0.3 is 19.1 Å². The van der Waals surface area contributed by atoms with Crippen molar-refractivity contribution in [1.29, 1.82) is 0 Å². The molecular weight excluding hydrogens is 479 g/mol. The lowest BCUT2D eigenvalue weighted by Crippen LogP contribution is -2.37. The van der Waals surface area contributed by atoms with E-state index in [2.05, 4.69) is 15.3 Å². The van der Waals surface area contributed by atoms with Crippen LogP contribution in [0.5, 0.6) is 0 Å². The molecular formula is C24H32F3N5O4. The molecule has 4 heterocycles. The molecule has 2 fully saturated rings. The maximum absolute atomic E-state index is 14.2. The quantitative estimate of drug-likeness (QED) is 0.489. The molecule has 2 aliphatic rings. The third-order valence-electron chi connectivity index (χ3n) is 6.49. The number of piperidine rings is 1. The van der Waals surface area contributed by atoms with Gasteiger partial charge in [-0.3, -0.25) is 4.79 Å². The van der Waals surface area contributed by atoms with E-state index in [-0.39, 0.29) is 54.9 Å². The Morgan fingerprint density at radius 2 is 2.06 bits per heavy atom. The Bertz CT molecular complexity index is 1040. The molecule has 0 aromatic carbocycles. The van der Waals surface area contributed by atoms with E-state index >= 15 is 0 Å². The molecule has 2 aliphatic heterocycles. The standard InChI is InChI=1S/C24H32F3N5O4/c1-3-34-20(33)13-16-7-6-11-32(14-16)18-10-9-17(28-23(18)24(25,26)27)22-19(31(2)30-29-22)15-36-21-8-4-5-12-35-21/h9-10,16,21H,3-8,11-15H2,1-2H3/t16-,21?/m1/s1. The van der Waals surface area contributed by atoms with Gasteiger partial charge in [0.1, 0.15) is 5.69 Å². The van der Waals surface area contributed by atoms with Crippen molar-refractivity contribution in [2.75, 3.05) is 31.2 Å². The third-order valence-corrected chi connectivity index (χ3v) is 6.49. The molecule has 2 atom stereocenters. The summed E-state index contributed by atoms with van der Waals surface area (Å²) in [6, 6.07) is 2.96. The molecule has 2 saturated heterocycles. The molecule has 0 aliphatic carbocycles. The minimum Gasteiger partial charge on any atom is -0.466 e. The van der Waals surface area contributed by atoms with Gasteiger partial charge in [-0.2, -0.15) is 13.2 Å². The van der Waals surface area contributed by atoms with Gasteiger partial charge in [-0.25, -0.2) is 9.67 Å². The Morgan fingerprint density at radius 1 is 1.22 bits per heavy atom. The molecule has 2 aromatic heterocycles. The summed E-state index contributed by atoms with van der Waals surface area (Å²) in [5, 5.41) is 8.06. The number of pyridine rings is 1. The summed E-state index contributed by atoms with van der Waals surface area (Å²) in [5.41, 5.74) is -0.154. The zero-order chi connectivity index (χ0) is 25.7. The number of aryl methyl sites for hydroxylation is 1. The molecule has 0 N–H and O–H groups in total. The van der Waals surface area contributed by atoms with Crippen molar-refractivity contribution in [1.82, 2.24) is 20.0 Å². The van der Waals surface area contributed by atoms with Crippen LogP contribution >= 0.6 is 0 Å². The van der Waals surface area contributed by atoms with Gasteiger partial charge >= 0.3 is 12.1 Å². The lowest BCUT2D eigenvalue weighted by atomic mass is 9.94. The maximum atomic E-state index is 14.2. The fourth-order valence-electron chi connectivity index (χ4n) is 4.71. The monoisotopic (exact) mass is 511 g/mol. The highest BCUT2D eigenvalue weighted by Gasteiger charge is 2.39. The third kappa shape index (κ3) is 6.33. The van der Waals surface area contributed by atoms with Crippen molar-refractivity contribution in [2.45, 2.75) is 64.5 Å². The summed E-state index contributed by atoms with van der Waals surface area (Å²) in [5.74, 6) is -0.408. The number of hydrogen-bond acceptors (Lipinski definition) is 8. The number of alkyl halides is 3. The van der Waals surface area contributed by atoms with E-state index in [4.69, 9.17) is 14.2 Å². The van der Waals surface area contributed by atoms with Gasteiger partial charge in [-0.05, 0) is 57.1 Å². The Balaban J connectivity index is 1.57. The summed E-state index contributed by atoms with van der Waals surface area (Å²) in [6.45, 7) is 3.50. The van der Waals surface area contributed by atoms with Crippen LogP contribution < -0.4 is 4.90 Å². The fourth-order valence-corrected chi connectivity index (χ4v) is 4.71. The highest BCUT2D eigenvalue weighted by molar-refractivity contribution is 5.70. The topological polar surface area (TPSA) is 91.6 Å². The van der Waals surface area contributed by atoms with Crippen molar-refractivity contribution in [3.8, 4) is 11.4 Å². The second-order valence-corrected chi connectivity index (χ2v) is 9.14. The fraction of sp³-hybridized carbons (Fsp3) is 0.667. The average Bonchev–Trinajstić information content (AvgIpc) is 3.23. The van der Waals surface area contributed by atoms with Crippen molar-refractivity contribution >= 4 is 11.7 Å². The maximum Gasteiger partial charge on any atom is 0.435 e. The lowest BCUT2D eigenvalue weighted by molar-refractivity contribution is -0.169. The number of carbonyl (C=O) groups is 1. The number of hydrogen-bond donors (Lipinski definition) is 0. The summed E-state index contributed by atoms with van der Waals surface area (Å²) in [7, 11) is 1.66. The van der Waals surface area contributed by atoms with Crippen molar-refractivity contribution in [3.05, 3.63) is 23.5 Å². The lowest BCUT2D eigenvalue weighted by Gasteiger charge is -2.35. The van der Waals surface area contributed by atoms with Crippen molar-refractivity contribution in [2.24, 2.45) is 13.0 Å². The Hall–Kier alpha value is -2.73. The molecule has 1 unspecified atom stereocenters. The molecule has 9 nitrogen and oxygen atoms in total. The van der Waals surface area contributed by atoms with Crippen LogP contribution in [0.1, 0.15) is 56.8 Å². The van der Waals surface area contributed by atoms with Crippen LogP contribution in [0.15, 0.2) is 12.1 Å². The normalized spacial score (nSPS) is 21.0. The van der Waals surface area contributed by atoms with Crippen molar-refractivity contribution in [3.63, 3.8) is 0 Å². The predicted molar refractivity (Wildman–Crippen MR) is 124 cm³/mol. The number of anilines is 1. The van der Waals surface area contributed by atoms with Gasteiger partial charge in [0.05, 0.1) is 36.7 Å². The largest absolute Gasteiger partial charge is 0.466 e.